The molecule has 1 aromatic heterocycles. The number of nitrogens with zero attached hydrogens (tertiary/aromatic N) is 4. The molecule has 8 heteroatoms. The highest BCUT2D eigenvalue weighted by Gasteiger charge is 2.32. The molecule has 0 unspecified atom stereocenters. The molecular weight excluding hydrogens is 368 g/mol. The predicted octanol–water partition coefficient (Wildman–Crippen LogP) is -0.646. The first-order valence-electron chi connectivity index (χ1n) is 10.5. The van der Waals surface area contributed by atoms with Crippen LogP contribution in [0.2, 0.25) is 0 Å². The third-order valence-electron chi connectivity index (χ3n) is 5.86. The fourth-order valence-corrected chi connectivity index (χ4v) is 4.23. The highest BCUT2D eigenvalue weighted by Crippen LogP contribution is 2.27. The summed E-state index contributed by atoms with van der Waals surface area (Å²) >= 11 is 0. The number of piperazine rings is 1. The zero-order valence-corrected chi connectivity index (χ0v) is 17.9. The van der Waals surface area contributed by atoms with Crippen LogP contribution in [0.15, 0.2) is 30.9 Å². The van der Waals surface area contributed by atoms with Crippen molar-refractivity contribution in [1.29, 1.82) is 0 Å². The van der Waals surface area contributed by atoms with Gasteiger partial charge in [0, 0.05) is 13.0 Å². The molecule has 1 saturated heterocycles. The molecule has 1 fully saturated rings. The van der Waals surface area contributed by atoms with Crippen molar-refractivity contribution < 1.29 is 19.3 Å². The average molecular weight is 403 g/mol. The molecule has 0 bridgehead atoms. The highest BCUT2D eigenvalue weighted by molar-refractivity contribution is 5.42. The van der Waals surface area contributed by atoms with Gasteiger partial charge in [-0.1, -0.05) is 19.6 Å². The number of aryl methyl sites for hydroxylation is 2. The van der Waals surface area contributed by atoms with Crippen molar-refractivity contribution in [2.24, 2.45) is 0 Å². The van der Waals surface area contributed by atoms with Crippen LogP contribution in [0.1, 0.15) is 30.8 Å². The van der Waals surface area contributed by atoms with Crippen LogP contribution in [-0.4, -0.2) is 67.2 Å². The van der Waals surface area contributed by atoms with Crippen molar-refractivity contribution >= 4 is 0 Å². The molecule has 29 heavy (non-hydrogen) atoms. The highest BCUT2D eigenvalue weighted by atomic mass is 16.5. The van der Waals surface area contributed by atoms with E-state index < -0.39 is 0 Å². The zero-order chi connectivity index (χ0) is 20.6. The van der Waals surface area contributed by atoms with Crippen molar-refractivity contribution in [1.82, 2.24) is 20.2 Å². The molecule has 2 aromatic rings. The molecule has 0 aliphatic carbocycles. The first kappa shape index (κ1) is 21.3. The number of ether oxygens (including phenoxy) is 2. The molecule has 158 valence electrons. The second kappa shape index (κ2) is 10.4. The van der Waals surface area contributed by atoms with Gasteiger partial charge < -0.3 is 19.3 Å². The maximum absolute atomic E-state index is 5.41. The number of nitrogens with one attached hydrogen (secondary N) is 2. The van der Waals surface area contributed by atoms with Gasteiger partial charge in [0.05, 0.1) is 20.8 Å². The van der Waals surface area contributed by atoms with E-state index in [9.17, 15) is 0 Å². The van der Waals surface area contributed by atoms with E-state index in [0.29, 0.717) is 6.04 Å². The summed E-state index contributed by atoms with van der Waals surface area (Å²) in [5.74, 6) is 2.49. The molecule has 1 atom stereocenters. The Morgan fingerprint density at radius 2 is 1.93 bits per heavy atom. The van der Waals surface area contributed by atoms with Crippen LogP contribution in [-0.2, 0) is 13.0 Å². The normalized spacial score (nSPS) is 20.2. The molecule has 1 aromatic carbocycles. The Bertz CT molecular complexity index is 785. The number of tetrazole rings is 1. The molecule has 3 rings (SSSR count). The lowest BCUT2D eigenvalue weighted by atomic mass is 10.1. The van der Waals surface area contributed by atoms with Crippen LogP contribution in [0.25, 0.3) is 0 Å². The fourth-order valence-electron chi connectivity index (χ4n) is 4.23. The minimum absolute atomic E-state index is 0.334. The van der Waals surface area contributed by atoms with E-state index >= 15 is 0 Å². The Morgan fingerprint density at radius 3 is 2.59 bits per heavy atom. The van der Waals surface area contributed by atoms with Gasteiger partial charge in [-0.15, -0.1) is 5.10 Å². The van der Waals surface area contributed by atoms with Crippen LogP contribution in [0.5, 0.6) is 11.5 Å². The van der Waals surface area contributed by atoms with E-state index in [4.69, 9.17) is 9.47 Å². The van der Waals surface area contributed by atoms with Gasteiger partial charge in [-0.25, -0.2) is 4.68 Å². The summed E-state index contributed by atoms with van der Waals surface area (Å²) in [5.41, 5.74) is 1.17. The van der Waals surface area contributed by atoms with E-state index in [1.54, 1.807) is 24.0 Å². The Balaban J connectivity index is 1.66. The summed E-state index contributed by atoms with van der Waals surface area (Å²) in [7, 11) is 3.31. The smallest absolute Gasteiger partial charge is 0.209 e. The van der Waals surface area contributed by atoms with Gasteiger partial charge in [0.2, 0.25) is 5.82 Å². The Kier molecular flexibility index (Phi) is 7.60. The molecule has 1 aliphatic rings. The summed E-state index contributed by atoms with van der Waals surface area (Å²) in [4.78, 5) is 3.20. The van der Waals surface area contributed by atoms with Gasteiger partial charge in [-0.05, 0) is 40.6 Å². The van der Waals surface area contributed by atoms with Gasteiger partial charge in [0.15, 0.2) is 11.5 Å². The first-order chi connectivity index (χ1) is 14.2. The van der Waals surface area contributed by atoms with Gasteiger partial charge in [-0.3, -0.25) is 0 Å². The number of hydrogen-bond donors (Lipinski definition) is 2. The lowest BCUT2D eigenvalue weighted by Gasteiger charge is -2.33. The summed E-state index contributed by atoms with van der Waals surface area (Å²) in [6.45, 7) is 12.5. The van der Waals surface area contributed by atoms with E-state index in [1.165, 1.54) is 18.7 Å². The quantitative estimate of drug-likeness (QED) is 0.517. The molecule has 0 amide bonds. The monoisotopic (exact) mass is 402 g/mol. The summed E-state index contributed by atoms with van der Waals surface area (Å²) in [6, 6.07) is 6.36. The summed E-state index contributed by atoms with van der Waals surface area (Å²) in [5, 5.41) is 12.7. The number of rotatable bonds is 10. The Hall–Kier alpha value is -2.45. The molecular formula is C21H34N6O2+2. The molecule has 0 spiro atoms. The predicted molar refractivity (Wildman–Crippen MR) is 111 cm³/mol. The van der Waals surface area contributed by atoms with Crippen molar-refractivity contribution in [3.05, 3.63) is 42.2 Å². The van der Waals surface area contributed by atoms with Gasteiger partial charge >= 0.3 is 0 Å². The van der Waals surface area contributed by atoms with Crippen LogP contribution in [0, 0.1) is 0 Å². The topological polar surface area (TPSA) is 70.9 Å². The average Bonchev–Trinajstić information content (AvgIpc) is 3.22. The number of aromatic nitrogens is 4. The molecule has 2 heterocycles. The third-order valence-corrected chi connectivity index (χ3v) is 5.86. The minimum atomic E-state index is 0.334. The van der Waals surface area contributed by atoms with Crippen LogP contribution in [0.4, 0.5) is 0 Å². The van der Waals surface area contributed by atoms with Crippen molar-refractivity contribution in [3.8, 4) is 11.5 Å². The zero-order valence-electron chi connectivity index (χ0n) is 17.9. The Labute approximate surface area is 173 Å². The van der Waals surface area contributed by atoms with E-state index in [2.05, 4.69) is 35.1 Å². The number of methoxy groups -OCH3 is 2. The molecule has 8 nitrogen and oxygen atoms in total. The lowest BCUT2D eigenvalue weighted by molar-refractivity contribution is -1.03. The second-order valence-corrected chi connectivity index (χ2v) is 7.56. The molecule has 2 N–H and O–H groups in total. The van der Waals surface area contributed by atoms with Gasteiger partial charge in [0.25, 0.3) is 0 Å². The second-order valence-electron chi connectivity index (χ2n) is 7.56. The summed E-state index contributed by atoms with van der Waals surface area (Å²) < 4.78 is 12.7. The van der Waals surface area contributed by atoms with Crippen molar-refractivity contribution in [3.63, 3.8) is 0 Å². The number of benzene rings is 1. The number of quaternary nitrogens is 2. The minimum Gasteiger partial charge on any atom is -0.493 e. The van der Waals surface area contributed by atoms with Crippen LogP contribution >= 0.6 is 0 Å². The van der Waals surface area contributed by atoms with E-state index in [1.807, 2.05) is 22.9 Å². The maximum Gasteiger partial charge on any atom is 0.209 e. The number of hydrogen-bond acceptors (Lipinski definition) is 5. The van der Waals surface area contributed by atoms with E-state index in [0.717, 1.165) is 56.3 Å². The Morgan fingerprint density at radius 1 is 1.17 bits per heavy atom. The van der Waals surface area contributed by atoms with Crippen LogP contribution in [0.3, 0.4) is 0 Å². The summed E-state index contributed by atoms with van der Waals surface area (Å²) in [6.07, 6.45) is 3.89. The first-order valence-corrected chi connectivity index (χ1v) is 10.5. The van der Waals surface area contributed by atoms with Gasteiger partial charge in [-0.2, -0.15) is 0 Å². The van der Waals surface area contributed by atoms with Gasteiger partial charge in [0.1, 0.15) is 32.2 Å². The SMILES string of the molecule is C=CC[NH+]1CC[NH+]([C@@H](CC)c2nnnn2CCc2ccc(OC)c(OC)c2)CC1. The lowest BCUT2D eigenvalue weighted by Crippen LogP contribution is -3.28. The standard InChI is InChI=1S/C21H32N6O2/c1-5-10-25-12-14-26(15-13-25)18(6-2)21-22-23-24-27(21)11-9-17-7-8-19(28-3)20(16-17)29-4/h5,7-8,16,18H,1,6,9-15H2,2-4H3/p+2/t18-/m0/s1. The molecule has 0 saturated carbocycles. The third kappa shape index (κ3) is 5.13. The molecule has 1 aliphatic heterocycles. The maximum atomic E-state index is 5.41. The van der Waals surface area contributed by atoms with Crippen LogP contribution < -0.4 is 19.3 Å². The largest absolute Gasteiger partial charge is 0.493 e. The fraction of sp³-hybridized carbons (Fsp3) is 0.571. The van der Waals surface area contributed by atoms with Crippen molar-refractivity contribution in [2.75, 3.05) is 46.9 Å². The van der Waals surface area contributed by atoms with Crippen molar-refractivity contribution in [2.45, 2.75) is 32.4 Å². The molecule has 0 radical (unpaired) electrons. The van der Waals surface area contributed by atoms with E-state index in [-0.39, 0.29) is 0 Å².